The average molecular weight is 357 g/mol. The maximum absolute atomic E-state index is 10.6. The van der Waals surface area contributed by atoms with Crippen molar-refractivity contribution in [2.45, 2.75) is 12.6 Å². The fourth-order valence-corrected chi connectivity index (χ4v) is 2.93. The highest BCUT2D eigenvalue weighted by Gasteiger charge is 2.10. The second kappa shape index (κ2) is 6.94. The molecule has 5 nitrogen and oxygen atoms in total. The number of nitro benzene ring substituents is 1. The van der Waals surface area contributed by atoms with Crippen LogP contribution in [-0.4, -0.2) is 16.6 Å². The smallest absolute Gasteiger partial charge is 0.270 e. The number of nitrogens with zero attached hydrogens (tertiary/aromatic N) is 1. The Morgan fingerprint density at radius 1 is 1.45 bits per heavy atom. The predicted octanol–water partition coefficient (Wildman–Crippen LogP) is 3.24. The molecule has 2 aromatic rings. The van der Waals surface area contributed by atoms with E-state index < -0.39 is 11.0 Å². The number of nitrogens with one attached hydrogen (secondary N) is 1. The molecule has 0 saturated heterocycles. The van der Waals surface area contributed by atoms with Crippen molar-refractivity contribution in [1.29, 1.82) is 0 Å². The van der Waals surface area contributed by atoms with Crippen molar-refractivity contribution < 1.29 is 10.0 Å². The van der Waals surface area contributed by atoms with E-state index in [1.807, 2.05) is 16.8 Å². The standard InChI is InChI=1S/C13H13BrN2O3S/c14-12-5-11(16(18)19)2-1-9(12)6-15-7-13(17)10-3-4-20-8-10/h1-5,8,13,15,17H,6-7H2. The molecule has 0 aliphatic heterocycles. The first-order valence-corrected chi connectivity index (χ1v) is 7.65. The zero-order valence-corrected chi connectivity index (χ0v) is 12.9. The summed E-state index contributed by atoms with van der Waals surface area (Å²) in [5, 5.41) is 27.5. The minimum atomic E-state index is -0.543. The van der Waals surface area contributed by atoms with Gasteiger partial charge >= 0.3 is 0 Å². The van der Waals surface area contributed by atoms with Gasteiger partial charge in [0, 0.05) is 29.7 Å². The van der Waals surface area contributed by atoms with E-state index in [4.69, 9.17) is 0 Å². The minimum absolute atomic E-state index is 0.0546. The van der Waals surface area contributed by atoms with E-state index in [1.165, 1.54) is 12.1 Å². The molecule has 2 N–H and O–H groups in total. The molecule has 1 atom stereocenters. The van der Waals surface area contributed by atoms with Gasteiger partial charge < -0.3 is 10.4 Å². The quantitative estimate of drug-likeness (QED) is 0.615. The molecule has 2 rings (SSSR count). The molecular weight excluding hydrogens is 344 g/mol. The van der Waals surface area contributed by atoms with Gasteiger partial charge in [0.15, 0.2) is 0 Å². The third-order valence-corrected chi connectivity index (χ3v) is 4.27. The summed E-state index contributed by atoms with van der Waals surface area (Å²) in [6, 6.07) is 6.54. The van der Waals surface area contributed by atoms with Crippen LogP contribution in [0.3, 0.4) is 0 Å². The van der Waals surface area contributed by atoms with Crippen LogP contribution in [0.4, 0.5) is 5.69 Å². The molecular formula is C13H13BrN2O3S. The number of thiophene rings is 1. The second-order valence-corrected chi connectivity index (χ2v) is 5.87. The van der Waals surface area contributed by atoms with Crippen molar-refractivity contribution >= 4 is 33.0 Å². The Balaban J connectivity index is 1.90. The Hall–Kier alpha value is -1.28. The summed E-state index contributed by atoms with van der Waals surface area (Å²) in [4.78, 5) is 10.2. The van der Waals surface area contributed by atoms with E-state index in [9.17, 15) is 15.2 Å². The molecule has 1 aromatic carbocycles. The molecule has 1 unspecified atom stereocenters. The van der Waals surface area contributed by atoms with Crippen molar-refractivity contribution in [2.75, 3.05) is 6.54 Å². The van der Waals surface area contributed by atoms with E-state index in [2.05, 4.69) is 21.2 Å². The summed E-state index contributed by atoms with van der Waals surface area (Å²) in [5.74, 6) is 0. The number of rotatable bonds is 6. The van der Waals surface area contributed by atoms with Crippen molar-refractivity contribution in [3.8, 4) is 0 Å². The maximum Gasteiger partial charge on any atom is 0.270 e. The van der Waals surface area contributed by atoms with Crippen molar-refractivity contribution in [3.63, 3.8) is 0 Å². The molecule has 7 heteroatoms. The van der Waals surface area contributed by atoms with Crippen LogP contribution in [-0.2, 0) is 6.54 Å². The van der Waals surface area contributed by atoms with Crippen LogP contribution < -0.4 is 5.32 Å². The summed E-state index contributed by atoms with van der Waals surface area (Å²) in [6.45, 7) is 0.958. The van der Waals surface area contributed by atoms with Crippen LogP contribution in [0.2, 0.25) is 0 Å². The molecule has 106 valence electrons. The molecule has 1 heterocycles. The molecule has 0 radical (unpaired) electrons. The zero-order chi connectivity index (χ0) is 14.5. The number of non-ortho nitro benzene ring substituents is 1. The first-order valence-electron chi connectivity index (χ1n) is 5.91. The number of hydrogen-bond donors (Lipinski definition) is 2. The fraction of sp³-hybridized carbons (Fsp3) is 0.231. The minimum Gasteiger partial charge on any atom is -0.387 e. The number of benzene rings is 1. The highest BCUT2D eigenvalue weighted by molar-refractivity contribution is 9.10. The number of aliphatic hydroxyl groups excluding tert-OH is 1. The van der Waals surface area contributed by atoms with Gasteiger partial charge in [0.2, 0.25) is 0 Å². The Morgan fingerprint density at radius 3 is 2.85 bits per heavy atom. The lowest BCUT2D eigenvalue weighted by molar-refractivity contribution is -0.384. The number of aliphatic hydroxyl groups is 1. The van der Waals surface area contributed by atoms with Crippen LogP contribution in [0.15, 0.2) is 39.5 Å². The van der Waals surface area contributed by atoms with Crippen molar-refractivity contribution in [3.05, 3.63) is 60.7 Å². The molecule has 0 aliphatic carbocycles. The first kappa shape index (κ1) is 15.1. The third-order valence-electron chi connectivity index (χ3n) is 2.83. The Bertz CT molecular complexity index is 589. The van der Waals surface area contributed by atoms with Gasteiger partial charge in [-0.25, -0.2) is 0 Å². The van der Waals surface area contributed by atoms with E-state index in [0.29, 0.717) is 17.6 Å². The molecule has 0 aliphatic rings. The van der Waals surface area contributed by atoms with Gasteiger partial charge in [-0.05, 0) is 34.0 Å². The highest BCUT2D eigenvalue weighted by atomic mass is 79.9. The van der Waals surface area contributed by atoms with Crippen LogP contribution in [0.25, 0.3) is 0 Å². The van der Waals surface area contributed by atoms with E-state index in [-0.39, 0.29) is 5.69 Å². The molecule has 0 fully saturated rings. The topological polar surface area (TPSA) is 75.4 Å². The SMILES string of the molecule is O=[N+]([O-])c1ccc(CNCC(O)c2ccsc2)c(Br)c1. The molecule has 1 aromatic heterocycles. The Morgan fingerprint density at radius 2 is 2.25 bits per heavy atom. The van der Waals surface area contributed by atoms with Crippen LogP contribution >= 0.6 is 27.3 Å². The average Bonchev–Trinajstić information content (AvgIpc) is 2.94. The normalized spacial score (nSPS) is 12.3. The molecule has 20 heavy (non-hydrogen) atoms. The lowest BCUT2D eigenvalue weighted by Crippen LogP contribution is -2.21. The summed E-state index contributed by atoms with van der Waals surface area (Å²) in [7, 11) is 0. The zero-order valence-electron chi connectivity index (χ0n) is 10.5. The maximum atomic E-state index is 10.6. The van der Waals surface area contributed by atoms with Crippen LogP contribution in [0.1, 0.15) is 17.2 Å². The molecule has 0 spiro atoms. The highest BCUT2D eigenvalue weighted by Crippen LogP contribution is 2.23. The number of halogens is 1. The van der Waals surface area contributed by atoms with Gasteiger partial charge in [-0.1, -0.05) is 15.9 Å². The lowest BCUT2D eigenvalue weighted by Gasteiger charge is -2.11. The van der Waals surface area contributed by atoms with Crippen LogP contribution in [0, 0.1) is 10.1 Å². The summed E-state index contributed by atoms with van der Waals surface area (Å²) in [6.07, 6.45) is -0.543. The van der Waals surface area contributed by atoms with Gasteiger partial charge in [-0.2, -0.15) is 11.3 Å². The third kappa shape index (κ3) is 3.86. The van der Waals surface area contributed by atoms with E-state index in [0.717, 1.165) is 11.1 Å². The predicted molar refractivity (Wildman–Crippen MR) is 81.8 cm³/mol. The Labute approximate surface area is 128 Å². The fourth-order valence-electron chi connectivity index (χ4n) is 1.72. The molecule has 0 saturated carbocycles. The van der Waals surface area contributed by atoms with E-state index in [1.54, 1.807) is 17.4 Å². The van der Waals surface area contributed by atoms with Gasteiger partial charge in [0.1, 0.15) is 0 Å². The lowest BCUT2D eigenvalue weighted by atomic mass is 10.2. The van der Waals surface area contributed by atoms with Gasteiger partial charge in [0.25, 0.3) is 5.69 Å². The van der Waals surface area contributed by atoms with E-state index >= 15 is 0 Å². The molecule has 0 amide bonds. The van der Waals surface area contributed by atoms with Gasteiger partial charge in [-0.15, -0.1) is 0 Å². The van der Waals surface area contributed by atoms with Crippen molar-refractivity contribution in [2.24, 2.45) is 0 Å². The second-order valence-electron chi connectivity index (χ2n) is 4.24. The first-order chi connectivity index (χ1) is 9.58. The van der Waals surface area contributed by atoms with Gasteiger partial charge in [-0.3, -0.25) is 10.1 Å². The summed E-state index contributed by atoms with van der Waals surface area (Å²) < 4.78 is 0.684. The van der Waals surface area contributed by atoms with Crippen molar-refractivity contribution in [1.82, 2.24) is 5.32 Å². The molecule has 0 bridgehead atoms. The monoisotopic (exact) mass is 356 g/mol. The number of nitro groups is 1. The summed E-state index contributed by atoms with van der Waals surface area (Å²) >= 11 is 4.86. The van der Waals surface area contributed by atoms with Crippen LogP contribution in [0.5, 0.6) is 0 Å². The van der Waals surface area contributed by atoms with Gasteiger partial charge in [0.05, 0.1) is 11.0 Å². The Kier molecular flexibility index (Phi) is 5.24. The summed E-state index contributed by atoms with van der Waals surface area (Å²) in [5.41, 5.74) is 1.86. The number of hydrogen-bond acceptors (Lipinski definition) is 5. The largest absolute Gasteiger partial charge is 0.387 e.